The van der Waals surface area contributed by atoms with Crippen LogP contribution in [0, 0.1) is 11.8 Å². The lowest BCUT2D eigenvalue weighted by atomic mass is 9.89. The molecule has 20 heavy (non-hydrogen) atoms. The van der Waals surface area contributed by atoms with Gasteiger partial charge in [0.15, 0.2) is 0 Å². The van der Waals surface area contributed by atoms with E-state index in [2.05, 4.69) is 13.8 Å². The molecular weight excluding hydrogens is 248 g/mol. The molecule has 1 unspecified atom stereocenters. The van der Waals surface area contributed by atoms with Gasteiger partial charge in [0.05, 0.1) is 0 Å². The Bertz CT molecular complexity index is 439. The van der Waals surface area contributed by atoms with E-state index in [1.54, 1.807) is 0 Å². The molecule has 1 aliphatic heterocycles. The molecular formula is C17H26N2O. The van der Waals surface area contributed by atoms with E-state index in [1.807, 2.05) is 29.2 Å². The van der Waals surface area contributed by atoms with Gasteiger partial charge in [-0.25, -0.2) is 0 Å². The van der Waals surface area contributed by atoms with Crippen molar-refractivity contribution >= 4 is 5.91 Å². The molecule has 1 aromatic rings. The Morgan fingerprint density at radius 2 is 2.05 bits per heavy atom. The summed E-state index contributed by atoms with van der Waals surface area (Å²) in [6.07, 6.45) is 3.61. The normalized spacial score (nSPS) is 19.4. The zero-order valence-corrected chi connectivity index (χ0v) is 12.6. The first-order chi connectivity index (χ1) is 9.60. The molecule has 0 saturated carbocycles. The minimum absolute atomic E-state index is 0.169. The van der Waals surface area contributed by atoms with E-state index in [-0.39, 0.29) is 5.91 Å². The molecule has 2 N–H and O–H groups in total. The smallest absolute Gasteiger partial charge is 0.253 e. The lowest BCUT2D eigenvalue weighted by molar-refractivity contribution is 0.0659. The van der Waals surface area contributed by atoms with E-state index in [9.17, 15) is 4.79 Å². The van der Waals surface area contributed by atoms with Gasteiger partial charge in [0.2, 0.25) is 0 Å². The SMILES string of the molecule is CC(C)CC1CCCN(C(=O)c2ccc(CN)cc2)C1. The minimum atomic E-state index is 0.169. The zero-order valence-electron chi connectivity index (χ0n) is 12.6. The monoisotopic (exact) mass is 274 g/mol. The number of hydrogen-bond acceptors (Lipinski definition) is 2. The average Bonchev–Trinajstić information content (AvgIpc) is 2.46. The van der Waals surface area contributed by atoms with Gasteiger partial charge in [-0.1, -0.05) is 26.0 Å². The fourth-order valence-electron chi connectivity index (χ4n) is 3.07. The second-order valence-electron chi connectivity index (χ2n) is 6.29. The molecule has 0 aromatic heterocycles. The molecule has 1 heterocycles. The van der Waals surface area contributed by atoms with Crippen LogP contribution in [0.25, 0.3) is 0 Å². The third-order valence-electron chi connectivity index (χ3n) is 4.05. The lowest BCUT2D eigenvalue weighted by Gasteiger charge is -2.33. The highest BCUT2D eigenvalue weighted by Crippen LogP contribution is 2.24. The van der Waals surface area contributed by atoms with Crippen LogP contribution in [0.5, 0.6) is 0 Å². The molecule has 3 heteroatoms. The van der Waals surface area contributed by atoms with E-state index in [4.69, 9.17) is 5.73 Å². The maximum Gasteiger partial charge on any atom is 0.253 e. The van der Waals surface area contributed by atoms with Gasteiger partial charge in [-0.15, -0.1) is 0 Å². The van der Waals surface area contributed by atoms with Gasteiger partial charge in [-0.05, 0) is 48.8 Å². The molecule has 1 fully saturated rings. The van der Waals surface area contributed by atoms with E-state index in [1.165, 1.54) is 12.8 Å². The Hall–Kier alpha value is -1.35. The molecule has 3 nitrogen and oxygen atoms in total. The van der Waals surface area contributed by atoms with Crippen molar-refractivity contribution in [2.45, 2.75) is 39.7 Å². The van der Waals surface area contributed by atoms with Crippen LogP contribution in [0.2, 0.25) is 0 Å². The summed E-state index contributed by atoms with van der Waals surface area (Å²) in [6, 6.07) is 7.69. The number of rotatable bonds is 4. The predicted octanol–water partition coefficient (Wildman–Crippen LogP) is 3.04. The number of amides is 1. The number of piperidine rings is 1. The van der Waals surface area contributed by atoms with Gasteiger partial charge in [-0.3, -0.25) is 4.79 Å². The summed E-state index contributed by atoms with van der Waals surface area (Å²) in [5.74, 6) is 1.54. The third-order valence-corrected chi connectivity index (χ3v) is 4.05. The topological polar surface area (TPSA) is 46.3 Å². The molecule has 1 amide bonds. The van der Waals surface area contributed by atoms with Crippen LogP contribution in [0.4, 0.5) is 0 Å². The first-order valence-corrected chi connectivity index (χ1v) is 7.68. The van der Waals surface area contributed by atoms with Crippen LogP contribution in [-0.2, 0) is 6.54 Å². The minimum Gasteiger partial charge on any atom is -0.338 e. The Kier molecular flexibility index (Phi) is 5.18. The molecule has 1 aliphatic rings. The van der Waals surface area contributed by atoms with Crippen LogP contribution < -0.4 is 5.73 Å². The van der Waals surface area contributed by atoms with Crippen LogP contribution in [0.3, 0.4) is 0 Å². The molecule has 0 radical (unpaired) electrons. The highest BCUT2D eigenvalue weighted by Gasteiger charge is 2.24. The Balaban J connectivity index is 2.00. The van der Waals surface area contributed by atoms with Crippen LogP contribution in [0.1, 0.15) is 49.0 Å². The summed E-state index contributed by atoms with van der Waals surface area (Å²) in [6.45, 7) is 6.84. The summed E-state index contributed by atoms with van der Waals surface area (Å²) in [4.78, 5) is 14.5. The maximum atomic E-state index is 12.5. The van der Waals surface area contributed by atoms with Gasteiger partial charge in [0.1, 0.15) is 0 Å². The second-order valence-corrected chi connectivity index (χ2v) is 6.29. The van der Waals surface area contributed by atoms with Gasteiger partial charge in [0, 0.05) is 25.2 Å². The molecule has 1 aromatic carbocycles. The highest BCUT2D eigenvalue weighted by molar-refractivity contribution is 5.94. The number of nitrogens with zero attached hydrogens (tertiary/aromatic N) is 1. The second kappa shape index (κ2) is 6.89. The molecule has 1 atom stereocenters. The summed E-state index contributed by atoms with van der Waals surface area (Å²) >= 11 is 0. The van der Waals surface area contributed by atoms with Crippen molar-refractivity contribution in [2.75, 3.05) is 13.1 Å². The zero-order chi connectivity index (χ0) is 14.5. The number of carbonyl (C=O) groups is 1. The highest BCUT2D eigenvalue weighted by atomic mass is 16.2. The third kappa shape index (κ3) is 3.83. The first kappa shape index (κ1) is 15.0. The van der Waals surface area contributed by atoms with Gasteiger partial charge >= 0.3 is 0 Å². The number of benzene rings is 1. The van der Waals surface area contributed by atoms with Gasteiger partial charge in [-0.2, -0.15) is 0 Å². The molecule has 2 rings (SSSR count). The average molecular weight is 274 g/mol. The van der Waals surface area contributed by atoms with Crippen molar-refractivity contribution in [1.29, 1.82) is 0 Å². The molecule has 0 aliphatic carbocycles. The molecule has 0 spiro atoms. The van der Waals surface area contributed by atoms with E-state index < -0.39 is 0 Å². The number of likely N-dealkylation sites (tertiary alicyclic amines) is 1. The van der Waals surface area contributed by atoms with E-state index in [0.717, 1.165) is 30.6 Å². The Labute approximate surface area is 122 Å². The van der Waals surface area contributed by atoms with Gasteiger partial charge in [0.25, 0.3) is 5.91 Å². The summed E-state index contributed by atoms with van der Waals surface area (Å²) in [5.41, 5.74) is 7.44. The van der Waals surface area contributed by atoms with Crippen molar-refractivity contribution in [3.63, 3.8) is 0 Å². The van der Waals surface area contributed by atoms with E-state index >= 15 is 0 Å². The van der Waals surface area contributed by atoms with Crippen molar-refractivity contribution in [1.82, 2.24) is 4.90 Å². The van der Waals surface area contributed by atoms with Crippen LogP contribution >= 0.6 is 0 Å². The number of hydrogen-bond donors (Lipinski definition) is 1. The van der Waals surface area contributed by atoms with Crippen molar-refractivity contribution in [3.05, 3.63) is 35.4 Å². The number of nitrogens with two attached hydrogens (primary N) is 1. The fourth-order valence-corrected chi connectivity index (χ4v) is 3.07. The van der Waals surface area contributed by atoms with Crippen molar-refractivity contribution < 1.29 is 4.79 Å². The summed E-state index contributed by atoms with van der Waals surface area (Å²) in [5, 5.41) is 0. The Morgan fingerprint density at radius 1 is 1.35 bits per heavy atom. The largest absolute Gasteiger partial charge is 0.338 e. The quantitative estimate of drug-likeness (QED) is 0.917. The lowest BCUT2D eigenvalue weighted by Crippen LogP contribution is -2.40. The van der Waals surface area contributed by atoms with Crippen molar-refractivity contribution in [2.24, 2.45) is 17.6 Å². The summed E-state index contributed by atoms with van der Waals surface area (Å²) < 4.78 is 0. The van der Waals surface area contributed by atoms with Crippen LogP contribution in [-0.4, -0.2) is 23.9 Å². The standard InChI is InChI=1S/C17H26N2O/c1-13(2)10-15-4-3-9-19(12-15)17(20)16-7-5-14(11-18)6-8-16/h5-8,13,15H,3-4,9-12,18H2,1-2H3. The van der Waals surface area contributed by atoms with Gasteiger partial charge < -0.3 is 10.6 Å². The van der Waals surface area contributed by atoms with E-state index in [0.29, 0.717) is 18.4 Å². The molecule has 0 bridgehead atoms. The van der Waals surface area contributed by atoms with Crippen LogP contribution in [0.15, 0.2) is 24.3 Å². The first-order valence-electron chi connectivity index (χ1n) is 7.68. The summed E-state index contributed by atoms with van der Waals surface area (Å²) in [7, 11) is 0. The predicted molar refractivity (Wildman–Crippen MR) is 82.4 cm³/mol. The molecule has 1 saturated heterocycles. The van der Waals surface area contributed by atoms with Crippen molar-refractivity contribution in [3.8, 4) is 0 Å². The number of carbonyl (C=O) groups excluding carboxylic acids is 1. The maximum absolute atomic E-state index is 12.5. The molecule has 110 valence electrons. The Morgan fingerprint density at radius 3 is 2.65 bits per heavy atom. The fraction of sp³-hybridized carbons (Fsp3) is 0.588.